The Bertz CT molecular complexity index is 1050. The summed E-state index contributed by atoms with van der Waals surface area (Å²) in [5.74, 6) is 1.37. The average Bonchev–Trinajstić information content (AvgIpc) is 3.21. The molecule has 2 aromatic carbocycles. The molecule has 0 heterocycles. The van der Waals surface area contributed by atoms with Crippen LogP contribution in [0.5, 0.6) is 11.5 Å². The first kappa shape index (κ1) is 18.5. The second-order valence-electron chi connectivity index (χ2n) is 8.03. The molecule has 2 bridgehead atoms. The Morgan fingerprint density at radius 3 is 2.57 bits per heavy atom. The molecule has 0 N–H and O–H groups in total. The van der Waals surface area contributed by atoms with E-state index < -0.39 is 11.9 Å². The van der Waals surface area contributed by atoms with E-state index in [2.05, 4.69) is 20.1 Å². The van der Waals surface area contributed by atoms with E-state index in [1.165, 1.54) is 6.08 Å². The van der Waals surface area contributed by atoms with Gasteiger partial charge in [0.05, 0.1) is 0 Å². The van der Waals surface area contributed by atoms with Gasteiger partial charge in [-0.15, -0.1) is 0 Å². The summed E-state index contributed by atoms with van der Waals surface area (Å²) < 4.78 is 11.7. The number of hydrogen-bond donors (Lipinski definition) is 0. The molecule has 4 heteroatoms. The van der Waals surface area contributed by atoms with Crippen molar-refractivity contribution in [2.75, 3.05) is 0 Å². The van der Waals surface area contributed by atoms with Crippen molar-refractivity contribution in [2.24, 2.45) is 5.92 Å². The van der Waals surface area contributed by atoms with Crippen LogP contribution in [0.4, 0.5) is 0 Å². The highest BCUT2D eigenvalue weighted by Crippen LogP contribution is 2.63. The number of fused-ring (bicyclic) bond motifs is 6. The number of esters is 2. The molecule has 144 valence electrons. The molecular weight excluding hydrogens is 352 g/mol. The van der Waals surface area contributed by atoms with Gasteiger partial charge >= 0.3 is 11.9 Å². The van der Waals surface area contributed by atoms with Crippen LogP contribution in [0.15, 0.2) is 43.0 Å². The largest absolute Gasteiger partial charge is 0.422 e. The summed E-state index contributed by atoms with van der Waals surface area (Å²) in [5, 5.41) is 1.61. The van der Waals surface area contributed by atoms with E-state index in [1.807, 2.05) is 25.1 Å². The monoisotopic (exact) mass is 376 g/mol. The number of aryl methyl sites for hydroxylation is 1. The zero-order valence-corrected chi connectivity index (χ0v) is 16.5. The molecule has 0 amide bonds. The molecule has 0 aromatic heterocycles. The van der Waals surface area contributed by atoms with Crippen LogP contribution in [0.25, 0.3) is 10.8 Å². The van der Waals surface area contributed by atoms with Crippen LogP contribution in [-0.4, -0.2) is 11.9 Å². The number of carbonyl (C=O) groups is 2. The van der Waals surface area contributed by atoms with Crippen molar-refractivity contribution in [1.82, 2.24) is 0 Å². The Labute approximate surface area is 164 Å². The molecule has 0 spiro atoms. The van der Waals surface area contributed by atoms with Gasteiger partial charge < -0.3 is 9.47 Å². The van der Waals surface area contributed by atoms with Gasteiger partial charge in [0.2, 0.25) is 0 Å². The van der Waals surface area contributed by atoms with Crippen LogP contribution in [-0.2, 0) is 9.59 Å². The molecule has 28 heavy (non-hydrogen) atoms. The molecule has 0 aliphatic heterocycles. The SMILES string of the molecule is C=CC(=O)Oc1c2c(c(OC(=O)C(=C)C)c3cccc(C)c13)C1CC(C)C2C1. The zero-order chi connectivity index (χ0) is 20.2. The van der Waals surface area contributed by atoms with Crippen molar-refractivity contribution in [1.29, 1.82) is 0 Å². The first-order valence-electron chi connectivity index (χ1n) is 9.64. The third-order valence-corrected chi connectivity index (χ3v) is 6.10. The minimum Gasteiger partial charge on any atom is -0.422 e. The summed E-state index contributed by atoms with van der Waals surface area (Å²) in [6, 6.07) is 5.82. The van der Waals surface area contributed by atoms with Gasteiger partial charge in [0.25, 0.3) is 0 Å². The van der Waals surface area contributed by atoms with Gasteiger partial charge in [-0.2, -0.15) is 0 Å². The smallest absolute Gasteiger partial charge is 0.338 e. The Balaban J connectivity index is 2.07. The highest BCUT2D eigenvalue weighted by atomic mass is 16.5. The molecule has 3 atom stereocenters. The average molecular weight is 376 g/mol. The summed E-state index contributed by atoms with van der Waals surface area (Å²) in [6.07, 6.45) is 3.21. The maximum absolute atomic E-state index is 12.4. The molecule has 2 aliphatic carbocycles. The Morgan fingerprint density at radius 1 is 1.14 bits per heavy atom. The second kappa shape index (κ2) is 6.62. The number of rotatable bonds is 4. The van der Waals surface area contributed by atoms with Gasteiger partial charge in [-0.05, 0) is 50.0 Å². The fourth-order valence-corrected chi connectivity index (χ4v) is 4.88. The fraction of sp³-hybridized carbons (Fsp3) is 0.333. The van der Waals surface area contributed by atoms with Crippen molar-refractivity contribution < 1.29 is 19.1 Å². The zero-order valence-electron chi connectivity index (χ0n) is 16.5. The van der Waals surface area contributed by atoms with Gasteiger partial charge in [-0.3, -0.25) is 0 Å². The highest BCUT2D eigenvalue weighted by Gasteiger charge is 2.47. The van der Waals surface area contributed by atoms with Crippen molar-refractivity contribution in [3.05, 3.63) is 59.7 Å². The molecule has 1 saturated carbocycles. The predicted octanol–water partition coefficient (Wildman–Crippen LogP) is 5.33. The lowest BCUT2D eigenvalue weighted by Crippen LogP contribution is -2.16. The number of carbonyl (C=O) groups excluding carboxylic acids is 2. The molecule has 4 rings (SSSR count). The Hall–Kier alpha value is -2.88. The maximum Gasteiger partial charge on any atom is 0.338 e. The van der Waals surface area contributed by atoms with Crippen LogP contribution in [0.2, 0.25) is 0 Å². The topological polar surface area (TPSA) is 52.6 Å². The van der Waals surface area contributed by atoms with E-state index in [0.29, 0.717) is 34.8 Å². The van der Waals surface area contributed by atoms with Crippen LogP contribution >= 0.6 is 0 Å². The van der Waals surface area contributed by atoms with E-state index in [1.54, 1.807) is 6.92 Å². The van der Waals surface area contributed by atoms with Crippen molar-refractivity contribution in [3.8, 4) is 11.5 Å². The third kappa shape index (κ3) is 2.67. The van der Waals surface area contributed by atoms with Gasteiger partial charge in [-0.1, -0.05) is 38.3 Å². The van der Waals surface area contributed by atoms with E-state index in [4.69, 9.17) is 9.47 Å². The second-order valence-corrected chi connectivity index (χ2v) is 8.03. The minimum absolute atomic E-state index is 0.291. The van der Waals surface area contributed by atoms with Crippen molar-refractivity contribution in [3.63, 3.8) is 0 Å². The molecule has 4 nitrogen and oxygen atoms in total. The van der Waals surface area contributed by atoms with Gasteiger partial charge in [0.1, 0.15) is 11.5 Å². The normalized spacial score (nSPS) is 22.0. The fourth-order valence-electron chi connectivity index (χ4n) is 4.88. The lowest BCUT2D eigenvalue weighted by Gasteiger charge is -2.27. The summed E-state index contributed by atoms with van der Waals surface area (Å²) in [5.41, 5.74) is 3.36. The Morgan fingerprint density at radius 2 is 1.89 bits per heavy atom. The molecule has 2 aromatic rings. The number of ether oxygens (including phenoxy) is 2. The number of hydrogen-bond acceptors (Lipinski definition) is 4. The first-order chi connectivity index (χ1) is 13.3. The molecule has 0 saturated heterocycles. The molecule has 3 unspecified atom stereocenters. The summed E-state index contributed by atoms with van der Waals surface area (Å²) >= 11 is 0. The van der Waals surface area contributed by atoms with Crippen molar-refractivity contribution in [2.45, 2.75) is 45.4 Å². The molecule has 1 fully saturated rings. The lowest BCUT2D eigenvalue weighted by molar-refractivity contribution is -0.130. The molecule has 0 radical (unpaired) electrons. The Kier molecular flexibility index (Phi) is 4.37. The molecular formula is C24H24O4. The van der Waals surface area contributed by atoms with E-state index in [-0.39, 0.29) is 0 Å². The highest BCUT2D eigenvalue weighted by molar-refractivity contribution is 6.03. The van der Waals surface area contributed by atoms with Gasteiger partial charge in [0.15, 0.2) is 0 Å². The van der Waals surface area contributed by atoms with Crippen LogP contribution in [0.1, 0.15) is 55.2 Å². The van der Waals surface area contributed by atoms with E-state index in [9.17, 15) is 9.59 Å². The summed E-state index contributed by atoms with van der Waals surface area (Å²) in [7, 11) is 0. The van der Waals surface area contributed by atoms with E-state index in [0.717, 1.165) is 40.3 Å². The summed E-state index contributed by atoms with van der Waals surface area (Å²) in [4.78, 5) is 24.5. The molecule has 2 aliphatic rings. The number of benzene rings is 2. The lowest BCUT2D eigenvalue weighted by atomic mass is 9.81. The van der Waals surface area contributed by atoms with E-state index >= 15 is 0 Å². The van der Waals surface area contributed by atoms with Gasteiger partial charge in [-0.25, -0.2) is 9.59 Å². The third-order valence-electron chi connectivity index (χ3n) is 6.10. The van der Waals surface area contributed by atoms with Crippen LogP contribution < -0.4 is 9.47 Å². The van der Waals surface area contributed by atoms with Gasteiger partial charge in [0, 0.05) is 33.5 Å². The maximum atomic E-state index is 12.4. The quantitative estimate of drug-likeness (QED) is 0.411. The first-order valence-corrected chi connectivity index (χ1v) is 9.64. The minimum atomic E-state index is -0.478. The van der Waals surface area contributed by atoms with Crippen LogP contribution in [0.3, 0.4) is 0 Å². The summed E-state index contributed by atoms with van der Waals surface area (Å²) in [6.45, 7) is 13.1. The standard InChI is InChI=1S/C24H24O4/c1-6-18(25)27-23-19-13(4)8-7-9-16(19)22(28-24(26)12(2)3)20-15-10-14(5)17(11-15)21(20)23/h6-9,14-15,17H,1-2,10-11H2,3-5H3. The van der Waals surface area contributed by atoms with Crippen LogP contribution in [0, 0.1) is 12.8 Å². The predicted molar refractivity (Wildman–Crippen MR) is 109 cm³/mol. The van der Waals surface area contributed by atoms with Crippen molar-refractivity contribution >= 4 is 22.7 Å².